The summed E-state index contributed by atoms with van der Waals surface area (Å²) in [6, 6.07) is 0. The second kappa shape index (κ2) is 42.6. The van der Waals surface area contributed by atoms with Crippen LogP contribution < -0.4 is 10.2 Å². The largest absolute Gasteiger partial charge is 2.00 e. The van der Waals surface area contributed by atoms with E-state index in [0.29, 0.717) is 0 Å². The minimum Gasteiger partial charge on any atom is -0.543 e. The molecule has 0 N–H and O–H groups in total. The Bertz CT molecular complexity index is 30.7. The van der Waals surface area contributed by atoms with E-state index in [4.69, 9.17) is 19.8 Å². The summed E-state index contributed by atoms with van der Waals surface area (Å²) in [5, 5.41) is 16.2. The van der Waals surface area contributed by atoms with Crippen LogP contribution in [0.4, 0.5) is 0 Å². The number of hydrogen-bond acceptors (Lipinski definition) is 4. The molecular formula is C2O4Sn. The molecule has 0 unspecified atom stereocenters. The van der Waals surface area contributed by atoms with E-state index in [9.17, 15) is 0 Å². The van der Waals surface area contributed by atoms with Gasteiger partial charge in [0.05, 0.1) is 12.9 Å². The number of rotatable bonds is 0. The minimum atomic E-state index is 0. The van der Waals surface area contributed by atoms with Gasteiger partial charge in [0, 0.05) is 0 Å². The van der Waals surface area contributed by atoms with Crippen molar-refractivity contribution >= 4 is 36.9 Å². The monoisotopic (exact) mass is 208 g/mol. The van der Waals surface area contributed by atoms with Gasteiger partial charge < -0.3 is 19.8 Å². The Hall–Kier alpha value is -0.261. The van der Waals surface area contributed by atoms with Crippen molar-refractivity contribution in [3.05, 3.63) is 0 Å². The molecule has 0 amide bonds. The smallest absolute Gasteiger partial charge is 0.543 e. The van der Waals surface area contributed by atoms with E-state index >= 15 is 0 Å². The molecule has 0 aliphatic carbocycles. The third-order valence-corrected chi connectivity index (χ3v) is 0. The Morgan fingerprint density at radius 3 is 1.00 bits per heavy atom. The summed E-state index contributed by atoms with van der Waals surface area (Å²) >= 11 is 0. The SMILES string of the molecule is O=[C][O-].O=[C][O-].[Sn+2]. The molecule has 4 radical (unpaired) electrons. The van der Waals surface area contributed by atoms with Crippen LogP contribution in [0.3, 0.4) is 0 Å². The van der Waals surface area contributed by atoms with Gasteiger partial charge in [-0.15, -0.1) is 0 Å². The third kappa shape index (κ3) is 1170. The van der Waals surface area contributed by atoms with Crippen LogP contribution in [0.25, 0.3) is 0 Å². The molecule has 0 atom stereocenters. The molecule has 0 aromatic heterocycles. The van der Waals surface area contributed by atoms with Gasteiger partial charge in [-0.2, -0.15) is 0 Å². The van der Waals surface area contributed by atoms with Gasteiger partial charge in [0.25, 0.3) is 0 Å². The fourth-order valence-electron chi connectivity index (χ4n) is 0. The fraction of sp³-hybridized carbons (Fsp3) is 0. The average Bonchev–Trinajstić information content (AvgIpc) is 1.39. The molecule has 0 saturated heterocycles. The van der Waals surface area contributed by atoms with E-state index in [1.54, 1.807) is 0 Å². The zero-order chi connectivity index (χ0) is 5.41. The van der Waals surface area contributed by atoms with E-state index in [1.165, 1.54) is 0 Å². The van der Waals surface area contributed by atoms with Crippen LogP contribution in [-0.4, -0.2) is 36.9 Å². The fourth-order valence-corrected chi connectivity index (χ4v) is 0. The van der Waals surface area contributed by atoms with Crippen LogP contribution in [0.15, 0.2) is 0 Å². The van der Waals surface area contributed by atoms with Crippen LogP contribution in [0, 0.1) is 0 Å². The molecule has 0 aliphatic rings. The Labute approximate surface area is 57.1 Å². The van der Waals surface area contributed by atoms with Gasteiger partial charge in [-0.25, -0.2) is 0 Å². The van der Waals surface area contributed by atoms with E-state index in [2.05, 4.69) is 0 Å². The summed E-state index contributed by atoms with van der Waals surface area (Å²) in [6.45, 7) is 0.500. The molecule has 4 nitrogen and oxygen atoms in total. The van der Waals surface area contributed by atoms with Crippen LogP contribution in [0.2, 0.25) is 0 Å². The first-order valence-electron chi connectivity index (χ1n) is 0.816. The Morgan fingerprint density at radius 1 is 1.00 bits per heavy atom. The minimum absolute atomic E-state index is 0. The second-order valence-electron chi connectivity index (χ2n) is 0.167. The van der Waals surface area contributed by atoms with Crippen molar-refractivity contribution in [1.82, 2.24) is 0 Å². The molecule has 36 valence electrons. The van der Waals surface area contributed by atoms with Crippen molar-refractivity contribution in [2.24, 2.45) is 0 Å². The summed E-state index contributed by atoms with van der Waals surface area (Å²) in [5.74, 6) is 0. The normalized spacial score (nSPS) is 3.43. The summed E-state index contributed by atoms with van der Waals surface area (Å²) in [6.07, 6.45) is 0. The number of hydrogen-bond donors (Lipinski definition) is 0. The zero-order valence-corrected chi connectivity index (χ0v) is 5.99. The van der Waals surface area contributed by atoms with Gasteiger partial charge in [0.1, 0.15) is 0 Å². The molecular weight excluding hydrogens is 207 g/mol. The number of carbonyl (C=O) groups excluding carboxylic acids is 2. The van der Waals surface area contributed by atoms with E-state index in [-0.39, 0.29) is 36.9 Å². The Morgan fingerprint density at radius 2 is 1.00 bits per heavy atom. The predicted molar refractivity (Wildman–Crippen MR) is 17.1 cm³/mol. The van der Waals surface area contributed by atoms with Gasteiger partial charge in [-0.3, -0.25) is 0 Å². The van der Waals surface area contributed by atoms with E-state index in [0.717, 1.165) is 0 Å². The van der Waals surface area contributed by atoms with E-state index < -0.39 is 0 Å². The molecule has 0 aromatic rings. The van der Waals surface area contributed by atoms with Gasteiger partial charge >= 0.3 is 23.9 Å². The Kier molecular flexibility index (Phi) is 96.7. The molecule has 0 aromatic carbocycles. The zero-order valence-electron chi connectivity index (χ0n) is 3.13. The maximum atomic E-state index is 8.12. The second-order valence-corrected chi connectivity index (χ2v) is 0.167. The maximum Gasteiger partial charge on any atom is 2.00 e. The quantitative estimate of drug-likeness (QED) is 0.381. The van der Waals surface area contributed by atoms with Gasteiger partial charge in [0.15, 0.2) is 0 Å². The molecule has 7 heavy (non-hydrogen) atoms. The third-order valence-electron chi connectivity index (χ3n) is 0. The van der Waals surface area contributed by atoms with Crippen molar-refractivity contribution in [3.63, 3.8) is 0 Å². The van der Waals surface area contributed by atoms with Crippen molar-refractivity contribution in [2.45, 2.75) is 0 Å². The molecule has 0 spiro atoms. The topological polar surface area (TPSA) is 80.3 Å². The van der Waals surface area contributed by atoms with Crippen LogP contribution in [0.5, 0.6) is 0 Å². The summed E-state index contributed by atoms with van der Waals surface area (Å²) in [5.41, 5.74) is 0. The Balaban J connectivity index is -0.0000000400. The van der Waals surface area contributed by atoms with Crippen LogP contribution in [-0.2, 0) is 9.59 Å². The van der Waals surface area contributed by atoms with Crippen molar-refractivity contribution in [3.8, 4) is 0 Å². The molecule has 0 fully saturated rings. The van der Waals surface area contributed by atoms with Crippen molar-refractivity contribution < 1.29 is 19.8 Å². The van der Waals surface area contributed by atoms with Gasteiger partial charge in [-0.05, 0) is 0 Å². The first-order chi connectivity index (χ1) is 2.83. The van der Waals surface area contributed by atoms with Gasteiger partial charge in [0.2, 0.25) is 0 Å². The van der Waals surface area contributed by atoms with Gasteiger partial charge in [-0.1, -0.05) is 0 Å². The molecule has 0 bridgehead atoms. The standard InChI is InChI=1S/2CO2.Sn/c2*2-1-3;/q2*-1;+2. The maximum absolute atomic E-state index is 8.12. The molecule has 5 heteroatoms. The molecule has 0 saturated carbocycles. The summed E-state index contributed by atoms with van der Waals surface area (Å²) in [4.78, 5) is 16.2. The summed E-state index contributed by atoms with van der Waals surface area (Å²) < 4.78 is 0. The average molecular weight is 207 g/mol. The van der Waals surface area contributed by atoms with Crippen LogP contribution in [0.1, 0.15) is 0 Å². The first-order valence-corrected chi connectivity index (χ1v) is 0.816. The summed E-state index contributed by atoms with van der Waals surface area (Å²) in [7, 11) is 0. The molecule has 0 heterocycles. The predicted octanol–water partition coefficient (Wildman–Crippen LogP) is -3.83. The van der Waals surface area contributed by atoms with Crippen LogP contribution >= 0.6 is 0 Å². The van der Waals surface area contributed by atoms with Crippen molar-refractivity contribution in [1.29, 1.82) is 0 Å². The van der Waals surface area contributed by atoms with Crippen molar-refractivity contribution in [2.75, 3.05) is 0 Å². The first kappa shape index (κ1) is 15.9. The molecule has 0 rings (SSSR count). The van der Waals surface area contributed by atoms with E-state index in [1.807, 2.05) is 0 Å². The molecule has 0 aliphatic heterocycles.